The Morgan fingerprint density at radius 2 is 1.87 bits per heavy atom. The van der Waals surface area contributed by atoms with Gasteiger partial charge in [-0.1, -0.05) is 56.5 Å². The van der Waals surface area contributed by atoms with Crippen molar-refractivity contribution >= 4 is 11.9 Å². The topological polar surface area (TPSA) is 63.6 Å². The van der Waals surface area contributed by atoms with Crippen LogP contribution in [0.15, 0.2) is 30.3 Å². The van der Waals surface area contributed by atoms with E-state index in [-0.39, 0.29) is 12.6 Å². The molecular formula is C19H26O4. The number of carbonyl (C=O) groups excluding carboxylic acids is 1. The van der Waals surface area contributed by atoms with Gasteiger partial charge in [0.15, 0.2) is 0 Å². The second-order valence-corrected chi connectivity index (χ2v) is 6.58. The van der Waals surface area contributed by atoms with Crippen LogP contribution in [0, 0.1) is 11.3 Å². The van der Waals surface area contributed by atoms with E-state index in [9.17, 15) is 14.7 Å². The second-order valence-electron chi connectivity index (χ2n) is 6.58. The van der Waals surface area contributed by atoms with Gasteiger partial charge < -0.3 is 9.84 Å². The molecule has 0 spiro atoms. The average Bonchev–Trinajstić information content (AvgIpc) is 3.03. The summed E-state index contributed by atoms with van der Waals surface area (Å²) in [6.07, 6.45) is 5.26. The van der Waals surface area contributed by atoms with Crippen LogP contribution in [-0.4, -0.2) is 17.0 Å². The Labute approximate surface area is 137 Å². The van der Waals surface area contributed by atoms with Crippen molar-refractivity contribution in [2.24, 2.45) is 11.3 Å². The van der Waals surface area contributed by atoms with Crippen molar-refractivity contribution in [1.29, 1.82) is 0 Å². The van der Waals surface area contributed by atoms with Gasteiger partial charge in [0.1, 0.15) is 6.61 Å². The molecule has 1 aliphatic carbocycles. The highest BCUT2D eigenvalue weighted by Gasteiger charge is 2.45. The van der Waals surface area contributed by atoms with Crippen molar-refractivity contribution in [2.75, 3.05) is 0 Å². The number of esters is 1. The van der Waals surface area contributed by atoms with Crippen LogP contribution in [-0.2, 0) is 20.9 Å². The summed E-state index contributed by atoms with van der Waals surface area (Å²) in [5.41, 5.74) is 0.352. The number of carbonyl (C=O) groups is 2. The number of carboxylic acid groups (broad SMARTS) is 1. The van der Waals surface area contributed by atoms with Crippen molar-refractivity contribution in [3.05, 3.63) is 35.9 Å². The SMILES string of the molecule is CCC[C@H](CC1(C(=O)OCc2ccccc2)CCCC1)C(=O)O. The van der Waals surface area contributed by atoms with Crippen LogP contribution in [0.1, 0.15) is 57.4 Å². The Bertz CT molecular complexity index is 517. The fourth-order valence-corrected chi connectivity index (χ4v) is 3.55. The predicted octanol–water partition coefficient (Wildman–Crippen LogP) is 4.18. The van der Waals surface area contributed by atoms with Gasteiger partial charge in [0.25, 0.3) is 0 Å². The first-order valence-corrected chi connectivity index (χ1v) is 8.51. The number of benzene rings is 1. The molecule has 1 aromatic rings. The third-order valence-electron chi connectivity index (χ3n) is 4.83. The quantitative estimate of drug-likeness (QED) is 0.730. The maximum Gasteiger partial charge on any atom is 0.312 e. The molecule has 4 nitrogen and oxygen atoms in total. The van der Waals surface area contributed by atoms with Crippen LogP contribution in [0.5, 0.6) is 0 Å². The fourth-order valence-electron chi connectivity index (χ4n) is 3.55. The summed E-state index contributed by atoms with van der Waals surface area (Å²) in [7, 11) is 0. The number of rotatable bonds is 8. The van der Waals surface area contributed by atoms with Crippen molar-refractivity contribution in [3.63, 3.8) is 0 Å². The molecule has 0 radical (unpaired) electrons. The Balaban J connectivity index is 2.03. The first-order chi connectivity index (χ1) is 11.1. The summed E-state index contributed by atoms with van der Waals surface area (Å²) in [4.78, 5) is 24.2. The first kappa shape index (κ1) is 17.5. The highest BCUT2D eigenvalue weighted by atomic mass is 16.5. The third-order valence-corrected chi connectivity index (χ3v) is 4.83. The van der Waals surface area contributed by atoms with E-state index in [1.807, 2.05) is 37.3 Å². The zero-order valence-corrected chi connectivity index (χ0v) is 13.8. The second kappa shape index (κ2) is 8.14. The van der Waals surface area contributed by atoms with E-state index in [4.69, 9.17) is 4.74 Å². The molecule has 0 bridgehead atoms. The van der Waals surface area contributed by atoms with E-state index >= 15 is 0 Å². The molecule has 1 saturated carbocycles. The molecule has 0 aliphatic heterocycles. The average molecular weight is 318 g/mol. The van der Waals surface area contributed by atoms with Crippen LogP contribution >= 0.6 is 0 Å². The van der Waals surface area contributed by atoms with Gasteiger partial charge in [0, 0.05) is 0 Å². The zero-order valence-electron chi connectivity index (χ0n) is 13.8. The summed E-state index contributed by atoms with van der Waals surface area (Å²) in [5, 5.41) is 9.42. The van der Waals surface area contributed by atoms with E-state index in [1.54, 1.807) is 0 Å². The molecule has 4 heteroatoms. The van der Waals surface area contributed by atoms with Gasteiger partial charge in [0.05, 0.1) is 11.3 Å². The summed E-state index contributed by atoms with van der Waals surface area (Å²) < 4.78 is 5.54. The molecule has 2 rings (SSSR count). The molecule has 1 fully saturated rings. The van der Waals surface area contributed by atoms with E-state index < -0.39 is 17.3 Å². The molecule has 1 aromatic carbocycles. The van der Waals surface area contributed by atoms with Crippen molar-refractivity contribution in [2.45, 2.75) is 58.5 Å². The monoisotopic (exact) mass is 318 g/mol. The van der Waals surface area contributed by atoms with E-state index in [1.165, 1.54) is 0 Å². The van der Waals surface area contributed by atoms with Gasteiger partial charge in [0.2, 0.25) is 0 Å². The van der Waals surface area contributed by atoms with Gasteiger partial charge in [-0.05, 0) is 31.2 Å². The fraction of sp³-hybridized carbons (Fsp3) is 0.579. The number of hydrogen-bond donors (Lipinski definition) is 1. The number of ether oxygens (including phenoxy) is 1. The molecule has 0 saturated heterocycles. The van der Waals surface area contributed by atoms with E-state index in [0.717, 1.165) is 37.7 Å². The summed E-state index contributed by atoms with van der Waals surface area (Å²) in [6, 6.07) is 9.59. The largest absolute Gasteiger partial charge is 0.481 e. The molecule has 0 heterocycles. The molecule has 0 amide bonds. The summed E-state index contributed by atoms with van der Waals surface area (Å²) >= 11 is 0. The highest BCUT2D eigenvalue weighted by Crippen LogP contribution is 2.45. The minimum absolute atomic E-state index is 0.221. The number of aliphatic carboxylic acids is 1. The van der Waals surface area contributed by atoms with Gasteiger partial charge in [-0.25, -0.2) is 0 Å². The van der Waals surface area contributed by atoms with Gasteiger partial charge in [-0.15, -0.1) is 0 Å². The van der Waals surface area contributed by atoms with E-state index in [0.29, 0.717) is 12.8 Å². The summed E-state index contributed by atoms with van der Waals surface area (Å²) in [6.45, 7) is 2.23. The van der Waals surface area contributed by atoms with E-state index in [2.05, 4.69) is 0 Å². The lowest BCUT2D eigenvalue weighted by Crippen LogP contribution is -2.34. The van der Waals surface area contributed by atoms with Crippen LogP contribution < -0.4 is 0 Å². The lowest BCUT2D eigenvalue weighted by Gasteiger charge is -2.29. The Kier molecular flexibility index (Phi) is 6.20. The Hall–Kier alpha value is -1.84. The van der Waals surface area contributed by atoms with Crippen LogP contribution in [0.25, 0.3) is 0 Å². The molecule has 126 valence electrons. The standard InChI is InChI=1S/C19H26O4/c1-2-8-16(17(20)21)13-19(11-6-7-12-19)18(22)23-14-15-9-4-3-5-10-15/h3-5,9-10,16H,2,6-8,11-14H2,1H3,(H,20,21)/t16-/m1/s1. The Morgan fingerprint density at radius 1 is 1.22 bits per heavy atom. The predicted molar refractivity (Wildman–Crippen MR) is 87.8 cm³/mol. The zero-order chi connectivity index (χ0) is 16.7. The first-order valence-electron chi connectivity index (χ1n) is 8.51. The summed E-state index contributed by atoms with van der Waals surface area (Å²) in [5.74, 6) is -1.47. The van der Waals surface area contributed by atoms with Crippen LogP contribution in [0.2, 0.25) is 0 Å². The molecule has 1 atom stereocenters. The lowest BCUT2D eigenvalue weighted by atomic mass is 9.76. The van der Waals surface area contributed by atoms with Crippen molar-refractivity contribution in [3.8, 4) is 0 Å². The molecule has 1 aliphatic rings. The smallest absolute Gasteiger partial charge is 0.312 e. The molecule has 0 aromatic heterocycles. The molecule has 0 unspecified atom stereocenters. The minimum Gasteiger partial charge on any atom is -0.481 e. The molecule has 1 N–H and O–H groups in total. The van der Waals surface area contributed by atoms with Gasteiger partial charge in [-0.3, -0.25) is 9.59 Å². The maximum absolute atomic E-state index is 12.7. The van der Waals surface area contributed by atoms with Crippen LogP contribution in [0.4, 0.5) is 0 Å². The number of carboxylic acids is 1. The van der Waals surface area contributed by atoms with Crippen LogP contribution in [0.3, 0.4) is 0 Å². The van der Waals surface area contributed by atoms with Gasteiger partial charge in [-0.2, -0.15) is 0 Å². The third kappa shape index (κ3) is 4.57. The van der Waals surface area contributed by atoms with Crippen molar-refractivity contribution < 1.29 is 19.4 Å². The lowest BCUT2D eigenvalue weighted by molar-refractivity contribution is -0.159. The maximum atomic E-state index is 12.7. The van der Waals surface area contributed by atoms with Crippen molar-refractivity contribution in [1.82, 2.24) is 0 Å². The van der Waals surface area contributed by atoms with Gasteiger partial charge >= 0.3 is 11.9 Å². The highest BCUT2D eigenvalue weighted by molar-refractivity contribution is 5.79. The minimum atomic E-state index is -0.797. The Morgan fingerprint density at radius 3 is 2.43 bits per heavy atom. The molecular weight excluding hydrogens is 292 g/mol. The molecule has 23 heavy (non-hydrogen) atoms. The number of hydrogen-bond acceptors (Lipinski definition) is 3. The normalized spacial score (nSPS) is 17.6.